The molecule has 0 amide bonds. The molecule has 0 bridgehead atoms. The van der Waals surface area contributed by atoms with Gasteiger partial charge in [-0.25, -0.2) is 0 Å². The molecule has 128 valence electrons. The van der Waals surface area contributed by atoms with Crippen LogP contribution in [0.15, 0.2) is 0 Å². The van der Waals surface area contributed by atoms with E-state index in [2.05, 4.69) is 62.3 Å². The van der Waals surface area contributed by atoms with E-state index in [1.807, 2.05) is 0 Å². The van der Waals surface area contributed by atoms with E-state index >= 15 is 0 Å². The van der Waals surface area contributed by atoms with Crippen LogP contribution in [0.3, 0.4) is 0 Å². The van der Waals surface area contributed by atoms with Crippen molar-refractivity contribution in [2.24, 2.45) is 35.0 Å². The fourth-order valence-electron chi connectivity index (χ4n) is 3.82. The average Bonchev–Trinajstić information content (AvgIpc) is 2.42. The lowest BCUT2D eigenvalue weighted by atomic mass is 9.65. The van der Waals surface area contributed by atoms with Gasteiger partial charge in [0.1, 0.15) is 0 Å². The van der Waals surface area contributed by atoms with E-state index < -0.39 is 0 Å². The minimum absolute atomic E-state index is 0.464. The van der Waals surface area contributed by atoms with Crippen molar-refractivity contribution in [3.8, 4) is 0 Å². The molecule has 0 rings (SSSR count). The first-order chi connectivity index (χ1) is 9.68. The molecule has 0 aromatic carbocycles. The lowest BCUT2D eigenvalue weighted by Crippen LogP contribution is -2.32. The summed E-state index contributed by atoms with van der Waals surface area (Å²) in [5, 5.41) is 0. The molecule has 0 aromatic rings. The molecule has 0 saturated heterocycles. The Labute approximate surface area is 136 Å². The van der Waals surface area contributed by atoms with E-state index in [0.29, 0.717) is 5.41 Å². The van der Waals surface area contributed by atoms with E-state index in [-0.39, 0.29) is 0 Å². The molecule has 0 saturated carbocycles. The fraction of sp³-hybridized carbons (Fsp3) is 1.00. The molecular formula is C21H44. The summed E-state index contributed by atoms with van der Waals surface area (Å²) in [6.45, 7) is 21.8. The maximum absolute atomic E-state index is 2.51. The molecule has 0 aliphatic rings. The normalized spacial score (nSPS) is 17.3. The van der Waals surface area contributed by atoms with Gasteiger partial charge in [-0.1, -0.05) is 81.6 Å². The van der Waals surface area contributed by atoms with Crippen molar-refractivity contribution in [3.63, 3.8) is 0 Å². The van der Waals surface area contributed by atoms with Crippen LogP contribution in [0.5, 0.6) is 0 Å². The quantitative estimate of drug-likeness (QED) is 0.369. The fourth-order valence-corrected chi connectivity index (χ4v) is 3.82. The molecule has 3 unspecified atom stereocenters. The van der Waals surface area contributed by atoms with Crippen LogP contribution >= 0.6 is 0 Å². The molecular weight excluding hydrogens is 252 g/mol. The van der Waals surface area contributed by atoms with Crippen LogP contribution in [0.4, 0.5) is 0 Å². The molecule has 0 spiro atoms. The lowest BCUT2D eigenvalue weighted by molar-refractivity contribution is 0.0950. The van der Waals surface area contributed by atoms with E-state index in [9.17, 15) is 0 Å². The Morgan fingerprint density at radius 1 is 0.619 bits per heavy atom. The van der Waals surface area contributed by atoms with Gasteiger partial charge in [0.25, 0.3) is 0 Å². The summed E-state index contributed by atoms with van der Waals surface area (Å²) >= 11 is 0. The van der Waals surface area contributed by atoms with Gasteiger partial charge in [-0.3, -0.25) is 0 Å². The molecule has 0 nitrogen and oxygen atoms in total. The van der Waals surface area contributed by atoms with E-state index in [1.54, 1.807) is 0 Å². The van der Waals surface area contributed by atoms with Gasteiger partial charge in [-0.15, -0.1) is 0 Å². The third-order valence-electron chi connectivity index (χ3n) is 6.45. The van der Waals surface area contributed by atoms with Crippen LogP contribution in [-0.4, -0.2) is 0 Å². The summed E-state index contributed by atoms with van der Waals surface area (Å²) in [6, 6.07) is 0. The van der Waals surface area contributed by atoms with Gasteiger partial charge in [0.05, 0.1) is 0 Å². The summed E-state index contributed by atoms with van der Waals surface area (Å²) in [5.41, 5.74) is 0.464. The van der Waals surface area contributed by atoms with Gasteiger partial charge < -0.3 is 0 Å². The van der Waals surface area contributed by atoms with Crippen molar-refractivity contribution in [2.75, 3.05) is 0 Å². The monoisotopic (exact) mass is 296 g/mol. The molecule has 0 aliphatic heterocycles. The van der Waals surface area contributed by atoms with Crippen molar-refractivity contribution in [3.05, 3.63) is 0 Å². The summed E-state index contributed by atoms with van der Waals surface area (Å²) in [7, 11) is 0. The molecule has 0 heteroatoms. The zero-order valence-corrected chi connectivity index (χ0v) is 16.6. The van der Waals surface area contributed by atoms with Gasteiger partial charge in [0.2, 0.25) is 0 Å². The Hall–Kier alpha value is 0. The zero-order chi connectivity index (χ0) is 16.6. The standard InChI is InChI=1S/C21H44/c1-10-19(11-2)15-20(12-3)14-18(7)21(8,9)17(6)13-16(4)5/h16-20H,10-15H2,1-9H3. The van der Waals surface area contributed by atoms with Crippen LogP contribution in [0.1, 0.15) is 101 Å². The first-order valence-corrected chi connectivity index (χ1v) is 9.68. The van der Waals surface area contributed by atoms with Gasteiger partial charge >= 0.3 is 0 Å². The van der Waals surface area contributed by atoms with Gasteiger partial charge in [0, 0.05) is 0 Å². The van der Waals surface area contributed by atoms with Gasteiger partial charge in [-0.2, -0.15) is 0 Å². The Morgan fingerprint density at radius 2 is 1.05 bits per heavy atom. The highest BCUT2D eigenvalue weighted by Crippen LogP contribution is 2.42. The molecule has 0 heterocycles. The van der Waals surface area contributed by atoms with Crippen LogP contribution in [-0.2, 0) is 0 Å². The maximum atomic E-state index is 2.51. The third kappa shape index (κ3) is 7.20. The van der Waals surface area contributed by atoms with Crippen LogP contribution < -0.4 is 0 Å². The van der Waals surface area contributed by atoms with Crippen molar-refractivity contribution in [2.45, 2.75) is 101 Å². The second-order valence-corrected chi connectivity index (χ2v) is 8.68. The number of rotatable bonds is 11. The van der Waals surface area contributed by atoms with Crippen molar-refractivity contribution >= 4 is 0 Å². The van der Waals surface area contributed by atoms with E-state index in [0.717, 1.165) is 29.6 Å². The SMILES string of the molecule is CCC(CC)CC(CC)CC(C)C(C)(C)C(C)CC(C)C. The Kier molecular flexibility index (Phi) is 9.90. The third-order valence-corrected chi connectivity index (χ3v) is 6.45. The molecule has 0 fully saturated rings. The zero-order valence-electron chi connectivity index (χ0n) is 16.6. The second-order valence-electron chi connectivity index (χ2n) is 8.68. The van der Waals surface area contributed by atoms with Crippen molar-refractivity contribution in [1.82, 2.24) is 0 Å². The second kappa shape index (κ2) is 9.90. The number of hydrogen-bond donors (Lipinski definition) is 0. The highest BCUT2D eigenvalue weighted by molar-refractivity contribution is 4.83. The Bertz CT molecular complexity index is 247. The smallest absolute Gasteiger partial charge is 0.0303 e. The minimum atomic E-state index is 0.464. The summed E-state index contributed by atoms with van der Waals surface area (Å²) in [6.07, 6.45) is 8.30. The molecule has 0 N–H and O–H groups in total. The number of hydrogen-bond acceptors (Lipinski definition) is 0. The van der Waals surface area contributed by atoms with Crippen LogP contribution in [0, 0.1) is 35.0 Å². The van der Waals surface area contributed by atoms with E-state index in [4.69, 9.17) is 0 Å². The first kappa shape index (κ1) is 21.0. The van der Waals surface area contributed by atoms with Crippen molar-refractivity contribution in [1.29, 1.82) is 0 Å². The highest BCUT2D eigenvalue weighted by Gasteiger charge is 2.33. The Morgan fingerprint density at radius 3 is 1.43 bits per heavy atom. The summed E-state index contributed by atoms with van der Waals surface area (Å²) in [4.78, 5) is 0. The maximum Gasteiger partial charge on any atom is -0.0303 e. The molecule has 0 radical (unpaired) electrons. The van der Waals surface area contributed by atoms with Crippen LogP contribution in [0.25, 0.3) is 0 Å². The Balaban J connectivity index is 4.63. The minimum Gasteiger partial charge on any atom is -0.0651 e. The highest BCUT2D eigenvalue weighted by atomic mass is 14.4. The largest absolute Gasteiger partial charge is 0.0651 e. The summed E-state index contributed by atoms with van der Waals surface area (Å²) in [5.74, 6) is 4.33. The van der Waals surface area contributed by atoms with E-state index in [1.165, 1.54) is 38.5 Å². The predicted octanol–water partition coefficient (Wildman–Crippen LogP) is 7.57. The average molecular weight is 297 g/mol. The predicted molar refractivity (Wildman–Crippen MR) is 98.7 cm³/mol. The molecule has 0 aliphatic carbocycles. The van der Waals surface area contributed by atoms with Gasteiger partial charge in [-0.05, 0) is 54.3 Å². The first-order valence-electron chi connectivity index (χ1n) is 9.68. The van der Waals surface area contributed by atoms with Crippen LogP contribution in [0.2, 0.25) is 0 Å². The lowest BCUT2D eigenvalue weighted by Gasteiger charge is -2.40. The summed E-state index contributed by atoms with van der Waals surface area (Å²) < 4.78 is 0. The topological polar surface area (TPSA) is 0 Å². The van der Waals surface area contributed by atoms with Gasteiger partial charge in [0.15, 0.2) is 0 Å². The molecule has 21 heavy (non-hydrogen) atoms. The molecule has 3 atom stereocenters. The molecule has 0 aromatic heterocycles. The van der Waals surface area contributed by atoms with Crippen molar-refractivity contribution < 1.29 is 0 Å².